The summed E-state index contributed by atoms with van der Waals surface area (Å²) in [5.74, 6) is 1.11. The standard InChI is InChI=1S/C20H23F2N7O/c21-18(22)19-25-14-3-1-2-4-15(14)29(19)17-11-16(24-13-9-12(23)10-13)26-20(27-17)28-5-7-30-8-6-28/h1-4,11-13,18H,5-10,23H2,(H,24,26,27)/t12-,13-. The lowest BCUT2D eigenvalue weighted by Crippen LogP contribution is -2.44. The number of aromatic nitrogens is 4. The van der Waals surface area contributed by atoms with Gasteiger partial charge in [0.25, 0.3) is 6.43 Å². The SMILES string of the molecule is N[C@H]1C[C@H](Nc2cc(-n3c(C(F)F)nc4ccccc43)nc(N3CCOCC3)n2)C1. The van der Waals surface area contributed by atoms with Gasteiger partial charge in [-0.3, -0.25) is 4.57 Å². The predicted molar refractivity (Wildman–Crippen MR) is 109 cm³/mol. The molecule has 0 bridgehead atoms. The fraction of sp³-hybridized carbons (Fsp3) is 0.450. The Balaban J connectivity index is 1.62. The van der Waals surface area contributed by atoms with Gasteiger partial charge in [0.1, 0.15) is 11.6 Å². The minimum absolute atomic E-state index is 0.186. The Morgan fingerprint density at radius 2 is 1.87 bits per heavy atom. The number of fused-ring (bicyclic) bond motifs is 1. The summed E-state index contributed by atoms with van der Waals surface area (Å²) in [6, 6.07) is 9.17. The molecule has 0 amide bonds. The van der Waals surface area contributed by atoms with E-state index in [2.05, 4.69) is 20.3 Å². The van der Waals surface area contributed by atoms with Crippen molar-refractivity contribution in [2.24, 2.45) is 5.73 Å². The molecule has 0 radical (unpaired) electrons. The van der Waals surface area contributed by atoms with Crippen molar-refractivity contribution in [3.05, 3.63) is 36.2 Å². The number of halogens is 2. The molecule has 0 unspecified atom stereocenters. The fourth-order valence-corrected chi connectivity index (χ4v) is 3.94. The molecule has 3 aromatic rings. The number of nitrogens with one attached hydrogen (secondary N) is 1. The largest absolute Gasteiger partial charge is 0.378 e. The van der Waals surface area contributed by atoms with Crippen molar-refractivity contribution >= 4 is 22.8 Å². The first-order valence-corrected chi connectivity index (χ1v) is 10.1. The first-order chi connectivity index (χ1) is 14.6. The van der Waals surface area contributed by atoms with E-state index in [-0.39, 0.29) is 17.9 Å². The second-order valence-electron chi connectivity index (χ2n) is 7.68. The number of hydrogen-bond acceptors (Lipinski definition) is 7. The highest BCUT2D eigenvalue weighted by atomic mass is 19.3. The van der Waals surface area contributed by atoms with Crippen molar-refractivity contribution in [3.8, 4) is 5.82 Å². The summed E-state index contributed by atoms with van der Waals surface area (Å²) in [4.78, 5) is 15.4. The van der Waals surface area contributed by atoms with Crippen LogP contribution in [0.4, 0.5) is 20.5 Å². The zero-order valence-corrected chi connectivity index (χ0v) is 16.3. The minimum atomic E-state index is -2.74. The molecule has 1 aliphatic carbocycles. The maximum absolute atomic E-state index is 13.8. The van der Waals surface area contributed by atoms with E-state index in [4.69, 9.17) is 10.5 Å². The molecule has 10 heteroatoms. The number of imidazole rings is 1. The summed E-state index contributed by atoms with van der Waals surface area (Å²) in [6.45, 7) is 2.43. The highest BCUT2D eigenvalue weighted by Gasteiger charge is 2.28. The summed E-state index contributed by atoms with van der Waals surface area (Å²) < 4.78 is 34.5. The third-order valence-corrected chi connectivity index (χ3v) is 5.53. The molecule has 8 nitrogen and oxygen atoms in total. The van der Waals surface area contributed by atoms with Gasteiger partial charge in [-0.05, 0) is 25.0 Å². The number of alkyl halides is 2. The van der Waals surface area contributed by atoms with Gasteiger partial charge in [-0.25, -0.2) is 13.8 Å². The van der Waals surface area contributed by atoms with E-state index in [0.29, 0.717) is 54.9 Å². The van der Waals surface area contributed by atoms with Crippen LogP contribution in [0.1, 0.15) is 25.1 Å². The highest BCUT2D eigenvalue weighted by molar-refractivity contribution is 5.78. The molecule has 3 heterocycles. The molecule has 0 atom stereocenters. The Morgan fingerprint density at radius 3 is 2.60 bits per heavy atom. The van der Waals surface area contributed by atoms with E-state index in [1.807, 2.05) is 4.90 Å². The molecule has 30 heavy (non-hydrogen) atoms. The van der Waals surface area contributed by atoms with Crippen LogP contribution in [0.3, 0.4) is 0 Å². The molecular formula is C20H23F2N7O. The van der Waals surface area contributed by atoms with E-state index in [9.17, 15) is 8.78 Å². The first kappa shape index (κ1) is 19.1. The summed E-state index contributed by atoms with van der Waals surface area (Å²) in [7, 11) is 0. The van der Waals surface area contributed by atoms with Crippen LogP contribution in [0.15, 0.2) is 30.3 Å². The third-order valence-electron chi connectivity index (χ3n) is 5.53. The maximum atomic E-state index is 13.8. The lowest BCUT2D eigenvalue weighted by Gasteiger charge is -2.34. The van der Waals surface area contributed by atoms with E-state index in [0.717, 1.165) is 12.8 Å². The van der Waals surface area contributed by atoms with Gasteiger partial charge in [-0.15, -0.1) is 0 Å². The number of para-hydroxylation sites is 2. The molecule has 1 saturated carbocycles. The molecule has 158 valence electrons. The Labute approximate surface area is 172 Å². The lowest BCUT2D eigenvalue weighted by molar-refractivity contribution is 0.122. The van der Waals surface area contributed by atoms with Gasteiger partial charge in [0.2, 0.25) is 5.95 Å². The quantitative estimate of drug-likeness (QED) is 0.661. The van der Waals surface area contributed by atoms with E-state index < -0.39 is 6.43 Å². The molecule has 2 fully saturated rings. The number of anilines is 2. The van der Waals surface area contributed by atoms with Crippen LogP contribution in [-0.4, -0.2) is 57.9 Å². The van der Waals surface area contributed by atoms with Crippen LogP contribution in [0, 0.1) is 0 Å². The van der Waals surface area contributed by atoms with Gasteiger partial charge in [0.15, 0.2) is 5.82 Å². The number of benzene rings is 1. The second kappa shape index (κ2) is 7.77. The number of rotatable bonds is 5. The molecule has 1 aromatic carbocycles. The van der Waals surface area contributed by atoms with Gasteiger partial charge in [0, 0.05) is 31.2 Å². The van der Waals surface area contributed by atoms with Crippen molar-refractivity contribution in [3.63, 3.8) is 0 Å². The molecule has 5 rings (SSSR count). The number of morpholine rings is 1. The van der Waals surface area contributed by atoms with Gasteiger partial charge >= 0.3 is 0 Å². The van der Waals surface area contributed by atoms with Crippen LogP contribution < -0.4 is 16.0 Å². The van der Waals surface area contributed by atoms with E-state index in [1.165, 1.54) is 4.57 Å². The number of nitrogens with two attached hydrogens (primary N) is 1. The molecule has 1 aliphatic heterocycles. The Bertz CT molecular complexity index is 1040. The second-order valence-corrected chi connectivity index (χ2v) is 7.68. The van der Waals surface area contributed by atoms with Crippen LogP contribution in [0.25, 0.3) is 16.9 Å². The van der Waals surface area contributed by atoms with Crippen molar-refractivity contribution in [1.82, 2.24) is 19.5 Å². The Morgan fingerprint density at radius 1 is 1.10 bits per heavy atom. The van der Waals surface area contributed by atoms with Gasteiger partial charge in [-0.2, -0.15) is 9.97 Å². The van der Waals surface area contributed by atoms with Crippen molar-refractivity contribution in [2.45, 2.75) is 31.4 Å². The van der Waals surface area contributed by atoms with Gasteiger partial charge < -0.3 is 20.7 Å². The maximum Gasteiger partial charge on any atom is 0.296 e. The minimum Gasteiger partial charge on any atom is -0.378 e. The topological polar surface area (TPSA) is 94.1 Å². The van der Waals surface area contributed by atoms with Crippen molar-refractivity contribution in [1.29, 1.82) is 0 Å². The number of ether oxygens (including phenoxy) is 1. The molecule has 1 saturated heterocycles. The molecule has 3 N–H and O–H groups in total. The number of hydrogen-bond donors (Lipinski definition) is 2. The van der Waals surface area contributed by atoms with Crippen LogP contribution in [0.2, 0.25) is 0 Å². The highest BCUT2D eigenvalue weighted by Crippen LogP contribution is 2.30. The lowest BCUT2D eigenvalue weighted by atomic mass is 9.88. The zero-order valence-electron chi connectivity index (χ0n) is 16.3. The van der Waals surface area contributed by atoms with Crippen LogP contribution in [-0.2, 0) is 4.74 Å². The van der Waals surface area contributed by atoms with Crippen molar-refractivity contribution in [2.75, 3.05) is 36.5 Å². The Kier molecular flexibility index (Phi) is 4.95. The zero-order chi connectivity index (χ0) is 20.7. The van der Waals surface area contributed by atoms with Crippen molar-refractivity contribution < 1.29 is 13.5 Å². The predicted octanol–water partition coefficient (Wildman–Crippen LogP) is 2.49. The third kappa shape index (κ3) is 3.56. The molecule has 0 spiro atoms. The average molecular weight is 415 g/mol. The molecular weight excluding hydrogens is 392 g/mol. The molecule has 2 aliphatic rings. The van der Waals surface area contributed by atoms with E-state index in [1.54, 1.807) is 30.3 Å². The fourth-order valence-electron chi connectivity index (χ4n) is 3.94. The summed E-state index contributed by atoms with van der Waals surface area (Å²) in [5, 5.41) is 3.38. The average Bonchev–Trinajstić information content (AvgIpc) is 3.13. The van der Waals surface area contributed by atoms with E-state index >= 15 is 0 Å². The summed E-state index contributed by atoms with van der Waals surface area (Å²) in [5.41, 5.74) is 6.98. The monoisotopic (exact) mass is 415 g/mol. The Hall–Kier alpha value is -2.85. The normalized spacial score (nSPS) is 21.8. The van der Waals surface area contributed by atoms with Crippen LogP contribution in [0.5, 0.6) is 0 Å². The molecule has 2 aromatic heterocycles. The number of nitrogens with zero attached hydrogens (tertiary/aromatic N) is 5. The van der Waals surface area contributed by atoms with Crippen LogP contribution >= 0.6 is 0 Å². The summed E-state index contributed by atoms with van der Waals surface area (Å²) >= 11 is 0. The van der Waals surface area contributed by atoms with Gasteiger partial charge in [0.05, 0.1) is 24.2 Å². The summed E-state index contributed by atoms with van der Waals surface area (Å²) in [6.07, 6.45) is -1.04. The smallest absolute Gasteiger partial charge is 0.296 e. The van der Waals surface area contributed by atoms with Gasteiger partial charge in [-0.1, -0.05) is 12.1 Å². The first-order valence-electron chi connectivity index (χ1n) is 10.1.